The van der Waals surface area contributed by atoms with Crippen LogP contribution in [0.3, 0.4) is 0 Å². The van der Waals surface area contributed by atoms with E-state index in [0.29, 0.717) is 13.1 Å². The van der Waals surface area contributed by atoms with Gasteiger partial charge in [0, 0.05) is 30.8 Å². The third-order valence-corrected chi connectivity index (χ3v) is 4.33. The van der Waals surface area contributed by atoms with Gasteiger partial charge in [0.05, 0.1) is 5.69 Å². The third-order valence-electron chi connectivity index (χ3n) is 4.33. The van der Waals surface area contributed by atoms with Gasteiger partial charge in [-0.2, -0.15) is 5.10 Å². The molecule has 2 aromatic rings. The number of H-pyrrole nitrogens is 1. The van der Waals surface area contributed by atoms with Crippen LogP contribution < -0.4 is 5.73 Å². The number of hydrogen-bond acceptors (Lipinski definition) is 5. The molecule has 2 amide bonds. The predicted octanol–water partition coefficient (Wildman–Crippen LogP) is 1.64. The molecule has 1 aliphatic rings. The standard InChI is InChI=1S/C16H21N5O3/c1-9(2)11-7-14(24-20-11)16(23)21-5-3-4-10(8-21)12-6-13(15(17)22)19-18-12/h6-7,9-10H,3-5,8H2,1-2H3,(H2,17,22)(H,18,19)/t10-/m1/s1. The minimum absolute atomic E-state index is 0.0933. The fourth-order valence-electron chi connectivity index (χ4n) is 2.91. The predicted molar refractivity (Wildman–Crippen MR) is 85.6 cm³/mol. The van der Waals surface area contributed by atoms with Crippen LogP contribution in [0.4, 0.5) is 0 Å². The number of amides is 2. The topological polar surface area (TPSA) is 118 Å². The van der Waals surface area contributed by atoms with Crippen molar-refractivity contribution in [3.05, 3.63) is 35.0 Å². The first-order chi connectivity index (χ1) is 11.5. The normalized spacial score (nSPS) is 18.1. The van der Waals surface area contributed by atoms with Crippen molar-refractivity contribution < 1.29 is 14.1 Å². The lowest BCUT2D eigenvalue weighted by molar-refractivity contribution is 0.0663. The van der Waals surface area contributed by atoms with Gasteiger partial charge < -0.3 is 15.2 Å². The van der Waals surface area contributed by atoms with Crippen molar-refractivity contribution >= 4 is 11.8 Å². The Hall–Kier alpha value is -2.64. The summed E-state index contributed by atoms with van der Waals surface area (Å²) in [6.45, 7) is 5.20. The maximum atomic E-state index is 12.6. The van der Waals surface area contributed by atoms with Crippen molar-refractivity contribution in [2.75, 3.05) is 13.1 Å². The van der Waals surface area contributed by atoms with Gasteiger partial charge in [-0.15, -0.1) is 0 Å². The molecule has 0 saturated carbocycles. The lowest BCUT2D eigenvalue weighted by Gasteiger charge is -2.31. The SMILES string of the molecule is CC(C)c1cc(C(=O)N2CCC[C@@H](c3cc(C(N)=O)n[nH]3)C2)on1. The number of aromatic amines is 1. The Labute approximate surface area is 139 Å². The summed E-state index contributed by atoms with van der Waals surface area (Å²) in [5, 5.41) is 10.7. The minimum atomic E-state index is -0.566. The molecule has 0 radical (unpaired) electrons. The fraction of sp³-hybridized carbons (Fsp3) is 0.500. The summed E-state index contributed by atoms with van der Waals surface area (Å²) in [5.41, 5.74) is 7.03. The molecule has 0 bridgehead atoms. The Balaban J connectivity index is 1.72. The molecule has 8 heteroatoms. The average molecular weight is 331 g/mol. The zero-order valence-corrected chi connectivity index (χ0v) is 13.8. The molecule has 2 aromatic heterocycles. The zero-order chi connectivity index (χ0) is 17.3. The van der Waals surface area contributed by atoms with Crippen molar-refractivity contribution in [2.24, 2.45) is 5.73 Å². The Morgan fingerprint density at radius 2 is 2.21 bits per heavy atom. The lowest BCUT2D eigenvalue weighted by Crippen LogP contribution is -2.39. The van der Waals surface area contributed by atoms with Gasteiger partial charge in [-0.3, -0.25) is 14.7 Å². The first-order valence-corrected chi connectivity index (χ1v) is 8.06. The highest BCUT2D eigenvalue weighted by Gasteiger charge is 2.29. The summed E-state index contributed by atoms with van der Waals surface area (Å²) in [7, 11) is 0. The van der Waals surface area contributed by atoms with Crippen molar-refractivity contribution in [3.63, 3.8) is 0 Å². The van der Waals surface area contributed by atoms with E-state index >= 15 is 0 Å². The monoisotopic (exact) mass is 331 g/mol. The fourth-order valence-corrected chi connectivity index (χ4v) is 2.91. The molecule has 3 rings (SSSR count). The molecule has 0 aromatic carbocycles. The number of nitrogens with one attached hydrogen (secondary N) is 1. The van der Waals surface area contributed by atoms with Crippen LogP contribution in [-0.4, -0.2) is 45.2 Å². The number of rotatable bonds is 4. The van der Waals surface area contributed by atoms with Gasteiger partial charge in [0.15, 0.2) is 0 Å². The molecule has 128 valence electrons. The van der Waals surface area contributed by atoms with Crippen LogP contribution >= 0.6 is 0 Å². The van der Waals surface area contributed by atoms with Crippen LogP contribution in [0, 0.1) is 0 Å². The summed E-state index contributed by atoms with van der Waals surface area (Å²) in [5.74, 6) is -0.156. The number of carbonyl (C=O) groups excluding carboxylic acids is 2. The Kier molecular flexibility index (Phi) is 4.37. The number of hydrogen-bond donors (Lipinski definition) is 2. The molecule has 8 nitrogen and oxygen atoms in total. The quantitative estimate of drug-likeness (QED) is 0.883. The number of nitrogens with two attached hydrogens (primary N) is 1. The van der Waals surface area contributed by atoms with Gasteiger partial charge in [0.1, 0.15) is 5.69 Å². The second-order valence-electron chi connectivity index (χ2n) is 6.43. The highest BCUT2D eigenvalue weighted by atomic mass is 16.5. The molecule has 3 N–H and O–H groups in total. The Bertz CT molecular complexity index is 748. The number of nitrogens with zero attached hydrogens (tertiary/aromatic N) is 3. The first kappa shape index (κ1) is 16.2. The number of primary amides is 1. The highest BCUT2D eigenvalue weighted by Crippen LogP contribution is 2.27. The molecule has 1 aliphatic heterocycles. The minimum Gasteiger partial charge on any atom is -0.364 e. The highest BCUT2D eigenvalue weighted by molar-refractivity contribution is 5.92. The molecule has 1 fully saturated rings. The van der Waals surface area contributed by atoms with Gasteiger partial charge >= 0.3 is 0 Å². The van der Waals surface area contributed by atoms with Gasteiger partial charge in [-0.05, 0) is 24.8 Å². The van der Waals surface area contributed by atoms with E-state index in [1.54, 1.807) is 17.0 Å². The van der Waals surface area contributed by atoms with E-state index in [9.17, 15) is 9.59 Å². The summed E-state index contributed by atoms with van der Waals surface area (Å²) < 4.78 is 5.19. The lowest BCUT2D eigenvalue weighted by atomic mass is 9.94. The smallest absolute Gasteiger partial charge is 0.292 e. The van der Waals surface area contributed by atoms with Gasteiger partial charge in [-0.1, -0.05) is 19.0 Å². The summed E-state index contributed by atoms with van der Waals surface area (Å²) >= 11 is 0. The third kappa shape index (κ3) is 3.17. The molecule has 1 atom stereocenters. The van der Waals surface area contributed by atoms with Crippen LogP contribution in [0.5, 0.6) is 0 Å². The van der Waals surface area contributed by atoms with E-state index < -0.39 is 5.91 Å². The molecule has 0 aliphatic carbocycles. The van der Waals surface area contributed by atoms with E-state index in [4.69, 9.17) is 10.3 Å². The van der Waals surface area contributed by atoms with Crippen molar-refractivity contribution in [3.8, 4) is 0 Å². The van der Waals surface area contributed by atoms with E-state index in [1.807, 2.05) is 13.8 Å². The van der Waals surface area contributed by atoms with Gasteiger partial charge in [0.25, 0.3) is 11.8 Å². The number of likely N-dealkylation sites (tertiary alicyclic amines) is 1. The van der Waals surface area contributed by atoms with Crippen LogP contribution in [-0.2, 0) is 0 Å². The summed E-state index contributed by atoms with van der Waals surface area (Å²) in [4.78, 5) is 25.5. The largest absolute Gasteiger partial charge is 0.364 e. The maximum absolute atomic E-state index is 12.6. The van der Waals surface area contributed by atoms with Crippen molar-refractivity contribution in [1.29, 1.82) is 0 Å². The second kappa shape index (κ2) is 6.46. The van der Waals surface area contributed by atoms with Crippen molar-refractivity contribution in [1.82, 2.24) is 20.3 Å². The van der Waals surface area contributed by atoms with Crippen LogP contribution in [0.2, 0.25) is 0 Å². The van der Waals surface area contributed by atoms with Crippen molar-refractivity contribution in [2.45, 2.75) is 38.5 Å². The molecule has 0 unspecified atom stereocenters. The summed E-state index contributed by atoms with van der Waals surface area (Å²) in [6.07, 6.45) is 1.78. The van der Waals surface area contributed by atoms with Gasteiger partial charge in [0.2, 0.25) is 5.76 Å². The van der Waals surface area contributed by atoms with E-state index in [-0.39, 0.29) is 29.2 Å². The molecular formula is C16H21N5O3. The van der Waals surface area contributed by atoms with E-state index in [2.05, 4.69) is 15.4 Å². The molecular weight excluding hydrogens is 310 g/mol. The molecule has 0 spiro atoms. The molecule has 24 heavy (non-hydrogen) atoms. The van der Waals surface area contributed by atoms with Crippen LogP contribution in [0.25, 0.3) is 0 Å². The maximum Gasteiger partial charge on any atom is 0.292 e. The average Bonchev–Trinajstić information content (AvgIpc) is 3.24. The number of carbonyl (C=O) groups is 2. The number of aromatic nitrogens is 3. The zero-order valence-electron chi connectivity index (χ0n) is 13.8. The van der Waals surface area contributed by atoms with Crippen LogP contribution in [0.15, 0.2) is 16.7 Å². The second-order valence-corrected chi connectivity index (χ2v) is 6.43. The molecule has 1 saturated heterocycles. The first-order valence-electron chi connectivity index (χ1n) is 8.06. The number of piperidine rings is 1. The van der Waals surface area contributed by atoms with Gasteiger partial charge in [-0.25, -0.2) is 0 Å². The Morgan fingerprint density at radius 1 is 1.42 bits per heavy atom. The Morgan fingerprint density at radius 3 is 2.83 bits per heavy atom. The summed E-state index contributed by atoms with van der Waals surface area (Å²) in [6, 6.07) is 3.37. The molecule has 3 heterocycles. The van der Waals surface area contributed by atoms with Crippen LogP contribution in [0.1, 0.15) is 71.0 Å². The van der Waals surface area contributed by atoms with E-state index in [1.165, 1.54) is 0 Å². The van der Waals surface area contributed by atoms with E-state index in [0.717, 1.165) is 24.2 Å².